The van der Waals surface area contributed by atoms with E-state index in [0.29, 0.717) is 0 Å². The highest BCUT2D eigenvalue weighted by Crippen LogP contribution is 2.57. The van der Waals surface area contributed by atoms with E-state index in [2.05, 4.69) is 0 Å². The summed E-state index contributed by atoms with van der Waals surface area (Å²) in [5, 5.41) is 11.5. The molecule has 0 N–H and O–H groups in total. The summed E-state index contributed by atoms with van der Waals surface area (Å²) in [4.78, 5) is 38.4. The molecule has 2 fully saturated rings. The molecular weight excluding hydrogens is 332 g/mol. The van der Waals surface area contributed by atoms with Crippen molar-refractivity contribution in [3.8, 4) is 0 Å². The van der Waals surface area contributed by atoms with Crippen LogP contribution in [0.15, 0.2) is 35.4 Å². The first-order valence-corrected chi connectivity index (χ1v) is 8.73. The molecule has 6 heteroatoms. The maximum Gasteiger partial charge on any atom is 0.293 e. The third-order valence-corrected chi connectivity index (χ3v) is 6.02. The minimum absolute atomic E-state index is 0.0675. The van der Waals surface area contributed by atoms with Gasteiger partial charge in [-0.05, 0) is 44.9 Å². The van der Waals surface area contributed by atoms with Crippen LogP contribution >= 0.6 is 0 Å². The Morgan fingerprint density at radius 1 is 1.00 bits per heavy atom. The van der Waals surface area contributed by atoms with Crippen molar-refractivity contribution >= 4 is 23.2 Å². The lowest BCUT2D eigenvalue weighted by Gasteiger charge is -2.20. The van der Waals surface area contributed by atoms with E-state index in [1.807, 2.05) is 32.9 Å². The zero-order chi connectivity index (χ0) is 18.9. The van der Waals surface area contributed by atoms with E-state index in [9.17, 15) is 19.7 Å². The summed E-state index contributed by atoms with van der Waals surface area (Å²) >= 11 is 0. The number of carbonyl (C=O) groups excluding carboxylic acids is 2. The highest BCUT2D eigenvalue weighted by molar-refractivity contribution is 6.24. The van der Waals surface area contributed by atoms with Crippen LogP contribution in [0.1, 0.15) is 25.0 Å². The van der Waals surface area contributed by atoms with Gasteiger partial charge in [0.15, 0.2) is 0 Å². The molecule has 4 atom stereocenters. The molecule has 26 heavy (non-hydrogen) atoms. The first kappa shape index (κ1) is 16.7. The van der Waals surface area contributed by atoms with Gasteiger partial charge in [-0.2, -0.15) is 0 Å². The van der Waals surface area contributed by atoms with Gasteiger partial charge < -0.3 is 0 Å². The zero-order valence-corrected chi connectivity index (χ0v) is 15.1. The van der Waals surface area contributed by atoms with Crippen molar-refractivity contribution in [2.24, 2.45) is 23.7 Å². The Morgan fingerprint density at radius 3 is 1.96 bits per heavy atom. The van der Waals surface area contributed by atoms with E-state index >= 15 is 0 Å². The number of allylic oxidation sites excluding steroid dienone is 4. The Bertz CT molecular complexity index is 905. The SMILES string of the molecule is CC(C)=C1[C@@H]2C=C[C@@H]1[C@@H]1C(=O)N(c3cc(C)c(C)cc3[N+](=O)[O-])C(=O)[C@H]12. The molecule has 0 spiro atoms. The number of nitro benzene ring substituents is 1. The molecular formula is C20H20N2O4. The van der Waals surface area contributed by atoms with Gasteiger partial charge in [-0.3, -0.25) is 19.7 Å². The summed E-state index contributed by atoms with van der Waals surface area (Å²) in [6.45, 7) is 7.61. The number of amides is 2. The van der Waals surface area contributed by atoms with Crippen molar-refractivity contribution in [2.75, 3.05) is 4.90 Å². The summed E-state index contributed by atoms with van der Waals surface area (Å²) in [7, 11) is 0. The van der Waals surface area contributed by atoms with E-state index in [1.165, 1.54) is 6.07 Å². The molecule has 0 aromatic heterocycles. The topological polar surface area (TPSA) is 80.5 Å². The number of hydrogen-bond acceptors (Lipinski definition) is 4. The van der Waals surface area contributed by atoms with Crippen LogP contribution in [0.25, 0.3) is 0 Å². The van der Waals surface area contributed by atoms with Crippen LogP contribution in [0, 0.1) is 47.6 Å². The first-order chi connectivity index (χ1) is 12.2. The average Bonchev–Trinajstić information content (AvgIpc) is 3.20. The Kier molecular flexibility index (Phi) is 3.45. The molecule has 0 unspecified atom stereocenters. The average molecular weight is 352 g/mol. The fourth-order valence-electron chi connectivity index (χ4n) is 4.78. The second kappa shape index (κ2) is 5.37. The molecule has 0 radical (unpaired) electrons. The number of aryl methyl sites for hydroxylation is 2. The Labute approximate surface area is 151 Å². The summed E-state index contributed by atoms with van der Waals surface area (Å²) in [5.41, 5.74) is 3.78. The van der Waals surface area contributed by atoms with E-state index in [-0.39, 0.29) is 35.0 Å². The molecule has 2 bridgehead atoms. The smallest absolute Gasteiger partial charge is 0.274 e. The molecule has 1 heterocycles. The number of rotatable bonds is 2. The lowest BCUT2D eigenvalue weighted by Crippen LogP contribution is -2.34. The molecule has 4 rings (SSSR count). The maximum atomic E-state index is 13.2. The molecule has 6 nitrogen and oxygen atoms in total. The minimum atomic E-state index is -0.523. The second-order valence-corrected chi connectivity index (χ2v) is 7.64. The summed E-state index contributed by atoms with van der Waals surface area (Å²) in [5.74, 6) is -1.65. The monoisotopic (exact) mass is 352 g/mol. The first-order valence-electron chi connectivity index (χ1n) is 8.73. The van der Waals surface area contributed by atoms with Crippen molar-refractivity contribution in [3.63, 3.8) is 0 Å². The number of fused-ring (bicyclic) bond motifs is 5. The summed E-state index contributed by atoms with van der Waals surface area (Å²) in [6.07, 6.45) is 4.02. The number of benzene rings is 1. The van der Waals surface area contributed by atoms with E-state index in [1.54, 1.807) is 13.0 Å². The largest absolute Gasteiger partial charge is 0.293 e. The van der Waals surface area contributed by atoms with E-state index in [0.717, 1.165) is 27.2 Å². The number of nitrogens with zero attached hydrogens (tertiary/aromatic N) is 2. The number of carbonyl (C=O) groups is 2. The standard InChI is InChI=1S/C20H20N2O4/c1-9(2)16-12-5-6-13(16)18-17(12)19(23)21(20(18)24)14-7-10(3)11(4)8-15(14)22(25)26/h5-8,12-13,17-18H,1-4H3/t12-,13-,17-,18-/m0/s1. The van der Waals surface area contributed by atoms with Crippen LogP contribution in [-0.2, 0) is 9.59 Å². The van der Waals surface area contributed by atoms with Gasteiger partial charge in [0.1, 0.15) is 5.69 Å². The highest BCUT2D eigenvalue weighted by atomic mass is 16.6. The molecule has 1 aliphatic heterocycles. The molecule has 1 aromatic rings. The lowest BCUT2D eigenvalue weighted by atomic mass is 9.85. The van der Waals surface area contributed by atoms with Crippen molar-refractivity contribution in [3.05, 3.63) is 56.7 Å². The van der Waals surface area contributed by atoms with Crippen molar-refractivity contribution < 1.29 is 14.5 Å². The predicted molar refractivity (Wildman–Crippen MR) is 96.5 cm³/mol. The third kappa shape index (κ3) is 1.98. The minimum Gasteiger partial charge on any atom is -0.274 e. The van der Waals surface area contributed by atoms with Crippen molar-refractivity contribution in [1.29, 1.82) is 0 Å². The molecule has 1 aromatic carbocycles. The van der Waals surface area contributed by atoms with Crippen LogP contribution in [0.4, 0.5) is 11.4 Å². The van der Waals surface area contributed by atoms with E-state index in [4.69, 9.17) is 0 Å². The Balaban J connectivity index is 1.83. The summed E-state index contributed by atoms with van der Waals surface area (Å²) in [6, 6.07) is 3.02. The van der Waals surface area contributed by atoms with Gasteiger partial charge in [0.2, 0.25) is 11.8 Å². The molecule has 3 aliphatic rings. The van der Waals surface area contributed by atoms with Gasteiger partial charge in [-0.1, -0.05) is 23.3 Å². The molecule has 2 amide bonds. The van der Waals surface area contributed by atoms with Crippen LogP contribution in [0.2, 0.25) is 0 Å². The molecule has 1 saturated carbocycles. The molecule has 1 saturated heterocycles. The van der Waals surface area contributed by atoms with Crippen molar-refractivity contribution in [1.82, 2.24) is 0 Å². The zero-order valence-electron chi connectivity index (χ0n) is 15.1. The normalized spacial score (nSPS) is 28.9. The quantitative estimate of drug-likeness (QED) is 0.353. The fraction of sp³-hybridized carbons (Fsp3) is 0.400. The number of anilines is 1. The van der Waals surface area contributed by atoms with Gasteiger partial charge in [-0.15, -0.1) is 0 Å². The third-order valence-electron chi connectivity index (χ3n) is 6.02. The van der Waals surface area contributed by atoms with Gasteiger partial charge in [-0.25, -0.2) is 4.90 Å². The van der Waals surface area contributed by atoms with Gasteiger partial charge in [0, 0.05) is 17.9 Å². The van der Waals surface area contributed by atoms with Crippen LogP contribution < -0.4 is 4.90 Å². The fourth-order valence-corrected chi connectivity index (χ4v) is 4.78. The lowest BCUT2D eigenvalue weighted by molar-refractivity contribution is -0.384. The predicted octanol–water partition coefficient (Wildman–Crippen LogP) is 3.47. The van der Waals surface area contributed by atoms with Crippen LogP contribution in [0.3, 0.4) is 0 Å². The van der Waals surface area contributed by atoms with Crippen molar-refractivity contribution in [2.45, 2.75) is 27.7 Å². The number of imide groups is 1. The molecule has 2 aliphatic carbocycles. The number of nitro groups is 1. The number of hydrogen-bond donors (Lipinski definition) is 0. The van der Waals surface area contributed by atoms with E-state index < -0.39 is 16.8 Å². The molecule has 134 valence electrons. The Morgan fingerprint density at radius 2 is 1.50 bits per heavy atom. The van der Waals surface area contributed by atoms with Gasteiger partial charge in [0.25, 0.3) is 5.69 Å². The maximum absolute atomic E-state index is 13.2. The summed E-state index contributed by atoms with van der Waals surface area (Å²) < 4.78 is 0. The van der Waals surface area contributed by atoms with Gasteiger partial charge >= 0.3 is 0 Å². The van der Waals surface area contributed by atoms with Crippen LogP contribution in [-0.4, -0.2) is 16.7 Å². The highest BCUT2D eigenvalue weighted by Gasteiger charge is 2.62. The second-order valence-electron chi connectivity index (χ2n) is 7.64. The van der Waals surface area contributed by atoms with Gasteiger partial charge in [0.05, 0.1) is 16.8 Å². The Hall–Kier alpha value is -2.76. The van der Waals surface area contributed by atoms with Crippen LogP contribution in [0.5, 0.6) is 0 Å².